The minimum absolute atomic E-state index is 0.00775. The molecule has 0 aromatic rings. The van der Waals surface area contributed by atoms with Gasteiger partial charge in [0.2, 0.25) is 0 Å². The van der Waals surface area contributed by atoms with Crippen LogP contribution in [-0.4, -0.2) is 60.5 Å². The van der Waals surface area contributed by atoms with Gasteiger partial charge in [-0.1, -0.05) is 132 Å². The number of carbonyl (C=O) groups excluding carboxylic acids is 1. The number of carboxylic acid groups (broad SMARTS) is 1. The summed E-state index contributed by atoms with van der Waals surface area (Å²) in [7, 11) is -4.62. The number of phosphoric ester groups is 1. The summed E-state index contributed by atoms with van der Waals surface area (Å²) in [5.41, 5.74) is 5.34. The largest absolute Gasteiger partial charge is 0.480 e. The fourth-order valence-corrected chi connectivity index (χ4v) is 5.62. The molecule has 3 unspecified atom stereocenters. The first-order valence-corrected chi connectivity index (χ1v) is 21.5. The zero-order chi connectivity index (χ0) is 39.1. The van der Waals surface area contributed by atoms with Gasteiger partial charge in [-0.25, -0.2) is 4.57 Å². The lowest BCUT2D eigenvalue weighted by Crippen LogP contribution is -2.34. The second-order valence-electron chi connectivity index (χ2n) is 13.0. The molecule has 11 heteroatoms. The molecule has 4 N–H and O–H groups in total. The van der Waals surface area contributed by atoms with Crippen molar-refractivity contribution in [2.75, 3.05) is 26.4 Å². The summed E-state index contributed by atoms with van der Waals surface area (Å²) in [4.78, 5) is 33.4. The molecule has 0 bridgehead atoms. The zero-order valence-electron chi connectivity index (χ0n) is 32.8. The Morgan fingerprint density at radius 1 is 0.623 bits per heavy atom. The van der Waals surface area contributed by atoms with Gasteiger partial charge in [-0.2, -0.15) is 0 Å². The van der Waals surface area contributed by atoms with E-state index in [0.717, 1.165) is 103 Å². The van der Waals surface area contributed by atoms with Crippen molar-refractivity contribution in [2.45, 2.75) is 154 Å². The normalized spacial score (nSPS) is 14.8. The second kappa shape index (κ2) is 37.7. The molecule has 0 rings (SSSR count). The fourth-order valence-electron chi connectivity index (χ4n) is 4.84. The first-order chi connectivity index (χ1) is 25.7. The number of phosphoric acid groups is 1. The van der Waals surface area contributed by atoms with Crippen molar-refractivity contribution in [2.24, 2.45) is 5.73 Å². The van der Waals surface area contributed by atoms with Crippen LogP contribution < -0.4 is 5.73 Å². The molecule has 0 amide bonds. The molecule has 0 aliphatic heterocycles. The maximum Gasteiger partial charge on any atom is 0.472 e. The first-order valence-electron chi connectivity index (χ1n) is 20.0. The molecule has 304 valence electrons. The van der Waals surface area contributed by atoms with E-state index in [-0.39, 0.29) is 13.0 Å². The van der Waals surface area contributed by atoms with Gasteiger partial charge in [0.1, 0.15) is 12.1 Å². The topological polar surface area (TPSA) is 155 Å². The first kappa shape index (κ1) is 50.4. The van der Waals surface area contributed by atoms with Crippen LogP contribution in [0.15, 0.2) is 72.9 Å². The smallest absolute Gasteiger partial charge is 0.472 e. The summed E-state index contributed by atoms with van der Waals surface area (Å²) in [6.45, 7) is 3.62. The molecular weight excluding hydrogens is 693 g/mol. The Balaban J connectivity index is 4.33. The monoisotopic (exact) mass is 765 g/mol. The van der Waals surface area contributed by atoms with E-state index in [9.17, 15) is 19.0 Å². The van der Waals surface area contributed by atoms with E-state index < -0.39 is 45.1 Å². The van der Waals surface area contributed by atoms with E-state index in [2.05, 4.69) is 91.3 Å². The molecule has 0 saturated carbocycles. The Bertz CT molecular complexity index is 1120. The number of nitrogens with two attached hydrogens (primary N) is 1. The summed E-state index contributed by atoms with van der Waals surface area (Å²) in [5, 5.41) is 8.87. The summed E-state index contributed by atoms with van der Waals surface area (Å²) in [5.74, 6) is -1.81. The average Bonchev–Trinajstić information content (AvgIpc) is 3.13. The lowest BCUT2D eigenvalue weighted by atomic mass is 10.1. The quantitative estimate of drug-likeness (QED) is 0.0241. The number of carboxylic acids is 1. The molecule has 0 fully saturated rings. The number of hydrogen-bond acceptors (Lipinski definition) is 8. The highest BCUT2D eigenvalue weighted by Crippen LogP contribution is 2.43. The summed E-state index contributed by atoms with van der Waals surface area (Å²) < 4.78 is 33.2. The number of ether oxygens (including phenoxy) is 2. The van der Waals surface area contributed by atoms with Crippen LogP contribution in [0.1, 0.15) is 142 Å². The fraction of sp³-hybridized carbons (Fsp3) is 0.667. The number of aliphatic carboxylic acids is 1. The van der Waals surface area contributed by atoms with Gasteiger partial charge in [-0.05, 0) is 77.0 Å². The van der Waals surface area contributed by atoms with Crippen molar-refractivity contribution in [1.29, 1.82) is 0 Å². The van der Waals surface area contributed by atoms with E-state index in [1.54, 1.807) is 0 Å². The zero-order valence-corrected chi connectivity index (χ0v) is 33.7. The third-order valence-corrected chi connectivity index (χ3v) is 8.92. The maximum absolute atomic E-state index is 12.5. The predicted molar refractivity (Wildman–Crippen MR) is 217 cm³/mol. The SMILES string of the molecule is CC/C=C\C/C=C\C/C=C\C/C=C\C/C=C\CCCCCCOCC(COP(=O)(O)OCC(N)C(=O)O)OC(=O)CCCCCCC/C=C\CCCC. The van der Waals surface area contributed by atoms with Crippen LogP contribution in [0.4, 0.5) is 0 Å². The minimum atomic E-state index is -4.62. The van der Waals surface area contributed by atoms with E-state index in [1.807, 2.05) is 0 Å². The number of rotatable bonds is 37. The molecule has 10 nitrogen and oxygen atoms in total. The number of hydrogen-bond donors (Lipinski definition) is 3. The second-order valence-corrected chi connectivity index (χ2v) is 14.5. The summed E-state index contributed by atoms with van der Waals surface area (Å²) in [6.07, 6.45) is 45.3. The van der Waals surface area contributed by atoms with Crippen LogP contribution in [0.3, 0.4) is 0 Å². The third-order valence-electron chi connectivity index (χ3n) is 7.97. The van der Waals surface area contributed by atoms with E-state index in [1.165, 1.54) is 12.8 Å². The van der Waals surface area contributed by atoms with E-state index in [0.29, 0.717) is 13.0 Å². The highest BCUT2D eigenvalue weighted by Gasteiger charge is 2.27. The van der Waals surface area contributed by atoms with Crippen molar-refractivity contribution in [3.8, 4) is 0 Å². The Morgan fingerprint density at radius 2 is 1.09 bits per heavy atom. The number of esters is 1. The van der Waals surface area contributed by atoms with Crippen molar-refractivity contribution in [3.05, 3.63) is 72.9 Å². The molecule has 0 aliphatic carbocycles. The van der Waals surface area contributed by atoms with E-state index >= 15 is 0 Å². The molecule has 0 spiro atoms. The molecule has 0 heterocycles. The molecule has 53 heavy (non-hydrogen) atoms. The Morgan fingerprint density at radius 3 is 1.66 bits per heavy atom. The number of allylic oxidation sites excluding steroid dienone is 12. The molecule has 0 aromatic heterocycles. The van der Waals surface area contributed by atoms with Gasteiger partial charge in [0.05, 0.1) is 19.8 Å². The van der Waals surface area contributed by atoms with Crippen LogP contribution in [0.25, 0.3) is 0 Å². The average molecular weight is 766 g/mol. The molecule has 0 saturated heterocycles. The van der Waals surface area contributed by atoms with Crippen LogP contribution in [0.2, 0.25) is 0 Å². The Labute approximate surface area is 321 Å². The highest BCUT2D eigenvalue weighted by molar-refractivity contribution is 7.47. The maximum atomic E-state index is 12.5. The van der Waals surface area contributed by atoms with Crippen LogP contribution in [0.5, 0.6) is 0 Å². The van der Waals surface area contributed by atoms with Gasteiger partial charge in [0.15, 0.2) is 0 Å². The van der Waals surface area contributed by atoms with Crippen molar-refractivity contribution in [1.82, 2.24) is 0 Å². The number of unbranched alkanes of at least 4 members (excludes halogenated alkanes) is 11. The summed E-state index contributed by atoms with van der Waals surface area (Å²) in [6, 6.07) is -1.48. The van der Waals surface area contributed by atoms with Gasteiger partial charge < -0.3 is 25.2 Å². The molecule has 3 atom stereocenters. The van der Waals surface area contributed by atoms with Gasteiger partial charge in [-0.3, -0.25) is 18.6 Å². The predicted octanol–water partition coefficient (Wildman–Crippen LogP) is 10.6. The van der Waals surface area contributed by atoms with Gasteiger partial charge in [-0.15, -0.1) is 0 Å². The molecule has 0 radical (unpaired) electrons. The highest BCUT2D eigenvalue weighted by atomic mass is 31.2. The molecule has 0 aromatic carbocycles. The van der Waals surface area contributed by atoms with Crippen molar-refractivity contribution in [3.63, 3.8) is 0 Å². The lowest BCUT2D eigenvalue weighted by molar-refractivity contribution is -0.154. The number of carbonyl (C=O) groups is 2. The van der Waals surface area contributed by atoms with Crippen LogP contribution in [0, 0.1) is 0 Å². The van der Waals surface area contributed by atoms with Crippen LogP contribution in [-0.2, 0) is 32.7 Å². The molecular formula is C42H72NO9P. The Kier molecular flexibility index (Phi) is 35.9. The Hall–Kier alpha value is -2.59. The minimum Gasteiger partial charge on any atom is -0.480 e. The van der Waals surface area contributed by atoms with Gasteiger partial charge >= 0.3 is 19.8 Å². The molecule has 0 aliphatic rings. The third kappa shape index (κ3) is 37.5. The van der Waals surface area contributed by atoms with Gasteiger partial charge in [0, 0.05) is 13.0 Å². The van der Waals surface area contributed by atoms with Crippen LogP contribution >= 0.6 is 7.82 Å². The van der Waals surface area contributed by atoms with Crippen molar-refractivity contribution >= 4 is 19.8 Å². The standard InChI is InChI=1S/C42H72NO9P/c1-3-5-7-9-11-13-15-16-17-18-19-20-21-22-23-25-27-29-31-33-35-49-36-39(37-50-53(47,48)51-38-40(43)42(45)46)52-41(44)34-32-30-28-26-24-14-12-10-8-6-4-2/h5,7,10-13,16-17,19-20,22-23,39-40H,3-4,6,8-9,14-15,18,21,24-38,43H2,1-2H3,(H,45,46)(H,47,48)/b7-5-,12-10-,13-11-,17-16-,20-19-,23-22-. The lowest BCUT2D eigenvalue weighted by Gasteiger charge is -2.20. The van der Waals surface area contributed by atoms with Gasteiger partial charge in [0.25, 0.3) is 0 Å². The summed E-state index contributed by atoms with van der Waals surface area (Å²) >= 11 is 0. The van der Waals surface area contributed by atoms with E-state index in [4.69, 9.17) is 24.8 Å². The van der Waals surface area contributed by atoms with Crippen molar-refractivity contribution < 1.29 is 42.7 Å².